The topological polar surface area (TPSA) is 12.4 Å². The van der Waals surface area contributed by atoms with Crippen molar-refractivity contribution in [2.24, 2.45) is 10.4 Å². The lowest BCUT2D eigenvalue weighted by Gasteiger charge is -2.33. The Bertz CT molecular complexity index is 633. The van der Waals surface area contributed by atoms with Crippen LogP contribution in [0.3, 0.4) is 0 Å². The molecule has 0 atom stereocenters. The molecule has 0 aliphatic heterocycles. The standard InChI is InChI=1S/C25H39N/c1-8-9-18-26-19-16-20(2)12-13-21(3)22(4)14-15-24-23(5)11-10-17-25(24,6)7/h12-16,19H,8-11,17-18H2,1-7H3/b13-12+,15-14+,20-16+,22-21+,26-19?. The Morgan fingerprint density at radius 3 is 2.42 bits per heavy atom. The minimum Gasteiger partial charge on any atom is -0.293 e. The highest BCUT2D eigenvalue weighted by Crippen LogP contribution is 2.40. The molecule has 0 fully saturated rings. The van der Waals surface area contributed by atoms with Crippen molar-refractivity contribution in [2.45, 2.75) is 80.6 Å². The second kappa shape index (κ2) is 11.2. The second-order valence-corrected chi connectivity index (χ2v) is 8.28. The van der Waals surface area contributed by atoms with Crippen LogP contribution in [0.4, 0.5) is 0 Å². The van der Waals surface area contributed by atoms with Gasteiger partial charge in [-0.25, -0.2) is 0 Å². The summed E-state index contributed by atoms with van der Waals surface area (Å²) < 4.78 is 0. The van der Waals surface area contributed by atoms with Gasteiger partial charge in [-0.15, -0.1) is 0 Å². The first-order valence-electron chi connectivity index (χ1n) is 10.2. The third-order valence-corrected chi connectivity index (χ3v) is 5.34. The van der Waals surface area contributed by atoms with E-state index in [1.54, 1.807) is 5.57 Å². The average molecular weight is 354 g/mol. The van der Waals surface area contributed by atoms with Crippen molar-refractivity contribution in [1.82, 2.24) is 0 Å². The third-order valence-electron chi connectivity index (χ3n) is 5.34. The summed E-state index contributed by atoms with van der Waals surface area (Å²) in [4.78, 5) is 4.40. The van der Waals surface area contributed by atoms with Gasteiger partial charge in [-0.05, 0) is 87.2 Å². The minimum absolute atomic E-state index is 0.305. The first-order valence-corrected chi connectivity index (χ1v) is 10.2. The maximum Gasteiger partial charge on any atom is 0.0389 e. The van der Waals surface area contributed by atoms with Gasteiger partial charge in [0, 0.05) is 12.8 Å². The van der Waals surface area contributed by atoms with Crippen LogP contribution in [0.15, 0.2) is 63.2 Å². The number of hydrogen-bond acceptors (Lipinski definition) is 1. The fourth-order valence-electron chi connectivity index (χ4n) is 3.29. The van der Waals surface area contributed by atoms with E-state index in [1.165, 1.54) is 54.4 Å². The zero-order chi connectivity index (χ0) is 19.6. The Kier molecular flexibility index (Phi) is 9.62. The lowest BCUT2D eigenvalue weighted by Crippen LogP contribution is -2.19. The van der Waals surface area contributed by atoms with E-state index in [0.29, 0.717) is 5.41 Å². The molecule has 0 amide bonds. The summed E-state index contributed by atoms with van der Waals surface area (Å²) in [6.07, 6.45) is 19.3. The molecule has 144 valence electrons. The Morgan fingerprint density at radius 2 is 1.77 bits per heavy atom. The lowest BCUT2D eigenvalue weighted by molar-refractivity contribution is 0.377. The Labute approximate surface area is 162 Å². The first kappa shape index (κ1) is 22.4. The quantitative estimate of drug-likeness (QED) is 0.240. The van der Waals surface area contributed by atoms with E-state index in [2.05, 4.69) is 83.8 Å². The van der Waals surface area contributed by atoms with Crippen molar-refractivity contribution in [2.75, 3.05) is 6.54 Å². The first-order chi connectivity index (χ1) is 12.3. The second-order valence-electron chi connectivity index (χ2n) is 8.28. The van der Waals surface area contributed by atoms with E-state index >= 15 is 0 Å². The van der Waals surface area contributed by atoms with E-state index < -0.39 is 0 Å². The van der Waals surface area contributed by atoms with Crippen LogP contribution in [0.1, 0.15) is 80.6 Å². The van der Waals surface area contributed by atoms with Gasteiger partial charge in [0.2, 0.25) is 0 Å². The molecule has 0 aromatic heterocycles. The van der Waals surface area contributed by atoms with Crippen molar-refractivity contribution in [3.63, 3.8) is 0 Å². The molecule has 0 aromatic carbocycles. The maximum absolute atomic E-state index is 4.40. The Balaban J connectivity index is 2.77. The van der Waals surface area contributed by atoms with Gasteiger partial charge in [0.25, 0.3) is 0 Å². The molecule has 0 spiro atoms. The molecule has 26 heavy (non-hydrogen) atoms. The molecule has 0 unspecified atom stereocenters. The van der Waals surface area contributed by atoms with Crippen molar-refractivity contribution in [1.29, 1.82) is 0 Å². The molecule has 0 heterocycles. The molecule has 0 radical (unpaired) electrons. The Hall–Kier alpha value is -1.63. The summed E-state index contributed by atoms with van der Waals surface area (Å²) in [5.74, 6) is 0. The minimum atomic E-state index is 0.305. The molecule has 1 rings (SSSR count). The molecule has 0 saturated heterocycles. The lowest BCUT2D eigenvalue weighted by atomic mass is 9.72. The van der Waals surface area contributed by atoms with Gasteiger partial charge in [-0.1, -0.05) is 57.1 Å². The van der Waals surface area contributed by atoms with Crippen molar-refractivity contribution in [3.8, 4) is 0 Å². The number of allylic oxidation sites excluding steroid dienone is 10. The van der Waals surface area contributed by atoms with Crippen LogP contribution in [0.2, 0.25) is 0 Å². The number of aliphatic imine (C=N–C) groups is 1. The van der Waals surface area contributed by atoms with Crippen LogP contribution in [0.5, 0.6) is 0 Å². The molecule has 0 aromatic rings. The number of nitrogens with zero attached hydrogens (tertiary/aromatic N) is 1. The summed E-state index contributed by atoms with van der Waals surface area (Å²) in [6, 6.07) is 0. The van der Waals surface area contributed by atoms with Crippen LogP contribution in [-0.4, -0.2) is 12.8 Å². The highest BCUT2D eigenvalue weighted by Gasteiger charge is 2.26. The van der Waals surface area contributed by atoms with E-state index in [9.17, 15) is 0 Å². The molecular formula is C25H39N. The summed E-state index contributed by atoms with van der Waals surface area (Å²) in [7, 11) is 0. The zero-order valence-corrected chi connectivity index (χ0v) is 18.2. The molecular weight excluding hydrogens is 314 g/mol. The van der Waals surface area contributed by atoms with Crippen molar-refractivity contribution < 1.29 is 0 Å². The summed E-state index contributed by atoms with van der Waals surface area (Å²) in [6.45, 7) is 16.7. The SMILES string of the molecule is CCCCN=C/C=C(C)/C=C/C(C)=C(C)/C=C/C1=C(C)CCCC1(C)C. The Morgan fingerprint density at radius 1 is 1.08 bits per heavy atom. The molecule has 1 nitrogen and oxygen atoms in total. The van der Waals surface area contributed by atoms with Crippen LogP contribution < -0.4 is 0 Å². The van der Waals surface area contributed by atoms with E-state index in [0.717, 1.165) is 6.54 Å². The highest BCUT2D eigenvalue weighted by molar-refractivity contribution is 5.72. The zero-order valence-electron chi connectivity index (χ0n) is 18.2. The van der Waals surface area contributed by atoms with Gasteiger partial charge in [0.05, 0.1) is 0 Å². The fourth-order valence-corrected chi connectivity index (χ4v) is 3.29. The highest BCUT2D eigenvalue weighted by atomic mass is 14.7. The summed E-state index contributed by atoms with van der Waals surface area (Å²) >= 11 is 0. The van der Waals surface area contributed by atoms with Gasteiger partial charge >= 0.3 is 0 Å². The third kappa shape index (κ3) is 7.72. The molecule has 0 saturated carbocycles. The van der Waals surface area contributed by atoms with Crippen molar-refractivity contribution >= 4 is 6.21 Å². The summed E-state index contributed by atoms with van der Waals surface area (Å²) in [5, 5.41) is 0. The van der Waals surface area contributed by atoms with Gasteiger partial charge in [-0.3, -0.25) is 4.99 Å². The van der Waals surface area contributed by atoms with Crippen LogP contribution in [0.25, 0.3) is 0 Å². The average Bonchev–Trinajstić information content (AvgIpc) is 2.58. The van der Waals surface area contributed by atoms with Gasteiger partial charge in [0.1, 0.15) is 0 Å². The number of unbranched alkanes of at least 4 members (excludes halogenated alkanes) is 1. The van der Waals surface area contributed by atoms with Crippen LogP contribution in [0, 0.1) is 5.41 Å². The molecule has 1 heteroatoms. The molecule has 1 aliphatic rings. The maximum atomic E-state index is 4.40. The van der Waals surface area contributed by atoms with E-state index in [4.69, 9.17) is 0 Å². The van der Waals surface area contributed by atoms with Gasteiger partial charge < -0.3 is 0 Å². The van der Waals surface area contributed by atoms with E-state index in [1.807, 2.05) is 6.21 Å². The normalized spacial score (nSPS) is 19.9. The number of rotatable bonds is 8. The van der Waals surface area contributed by atoms with Crippen molar-refractivity contribution in [3.05, 3.63) is 58.2 Å². The van der Waals surface area contributed by atoms with Crippen LogP contribution in [-0.2, 0) is 0 Å². The predicted molar refractivity (Wildman–Crippen MR) is 119 cm³/mol. The molecule has 0 bridgehead atoms. The predicted octanol–water partition coefficient (Wildman–Crippen LogP) is 7.78. The number of hydrogen-bond donors (Lipinski definition) is 0. The van der Waals surface area contributed by atoms with Crippen LogP contribution >= 0.6 is 0 Å². The molecule has 0 N–H and O–H groups in total. The molecule has 1 aliphatic carbocycles. The fraction of sp³-hybridized carbons (Fsp3) is 0.560. The monoisotopic (exact) mass is 353 g/mol. The van der Waals surface area contributed by atoms with Gasteiger partial charge in [0.15, 0.2) is 0 Å². The summed E-state index contributed by atoms with van der Waals surface area (Å²) in [5.41, 5.74) is 7.25. The van der Waals surface area contributed by atoms with Gasteiger partial charge in [-0.2, -0.15) is 0 Å². The van der Waals surface area contributed by atoms with E-state index in [-0.39, 0.29) is 0 Å². The smallest absolute Gasteiger partial charge is 0.0389 e. The largest absolute Gasteiger partial charge is 0.293 e.